The molecule has 5 aliphatic rings. The van der Waals surface area contributed by atoms with Crippen LogP contribution in [0.4, 0.5) is 0 Å². The Morgan fingerprint density at radius 1 is 1.05 bits per heavy atom. The van der Waals surface area contributed by atoms with Gasteiger partial charge in [0.05, 0.1) is 25.6 Å². The lowest BCUT2D eigenvalue weighted by atomic mass is 9.34. The van der Waals surface area contributed by atoms with Crippen LogP contribution < -0.4 is 5.73 Å². The number of allylic oxidation sites excluding steroid dienone is 1. The van der Waals surface area contributed by atoms with Gasteiger partial charge in [-0.25, -0.2) is 0 Å². The number of aliphatic carboxylic acids is 1. The highest BCUT2D eigenvalue weighted by atomic mass is 16.6. The van der Waals surface area contributed by atoms with Crippen LogP contribution in [0.3, 0.4) is 0 Å². The average molecular weight is 602 g/mol. The smallest absolute Gasteiger partial charge is 0.307 e. The third-order valence-electron chi connectivity index (χ3n) is 14.0. The Morgan fingerprint density at radius 2 is 1.74 bits per heavy atom. The van der Waals surface area contributed by atoms with Crippen LogP contribution in [-0.2, 0) is 28.6 Å². The number of esters is 2. The fourth-order valence-corrected chi connectivity index (χ4v) is 11.4. The normalized spacial score (nSPS) is 46.0. The van der Waals surface area contributed by atoms with Crippen LogP contribution in [0.2, 0.25) is 0 Å². The molecule has 1 heterocycles. The summed E-state index contributed by atoms with van der Waals surface area (Å²) in [5, 5.41) is 10.9. The average Bonchev–Trinajstić information content (AvgIpc) is 2.90. The van der Waals surface area contributed by atoms with E-state index < -0.39 is 34.9 Å². The summed E-state index contributed by atoms with van der Waals surface area (Å²) in [6, 6.07) is 0. The molecule has 1 aliphatic heterocycles. The summed E-state index contributed by atoms with van der Waals surface area (Å²) in [6.45, 7) is 18.2. The van der Waals surface area contributed by atoms with Gasteiger partial charge >= 0.3 is 17.9 Å². The predicted molar refractivity (Wildman–Crippen MR) is 163 cm³/mol. The van der Waals surface area contributed by atoms with Crippen molar-refractivity contribution in [2.75, 3.05) is 19.8 Å². The highest BCUT2D eigenvalue weighted by Gasteiger charge is 2.72. The molecule has 2 bridgehead atoms. The Balaban J connectivity index is 1.60. The van der Waals surface area contributed by atoms with E-state index in [0.29, 0.717) is 32.0 Å². The summed E-state index contributed by atoms with van der Waals surface area (Å²) in [7, 11) is 0. The van der Waals surface area contributed by atoms with Crippen LogP contribution in [0.1, 0.15) is 100 Å². The van der Waals surface area contributed by atoms with Crippen molar-refractivity contribution in [2.24, 2.45) is 62.4 Å². The number of nitrogens with two attached hydrogens (primary N) is 1. The van der Waals surface area contributed by atoms with Crippen molar-refractivity contribution in [3.63, 3.8) is 0 Å². The van der Waals surface area contributed by atoms with Crippen LogP contribution in [0.25, 0.3) is 0 Å². The lowest BCUT2D eigenvalue weighted by Crippen LogP contribution is -2.70. The molecule has 8 nitrogen and oxygen atoms in total. The summed E-state index contributed by atoms with van der Waals surface area (Å²) >= 11 is 0. The zero-order valence-electron chi connectivity index (χ0n) is 27.7. The van der Waals surface area contributed by atoms with Gasteiger partial charge in [-0.2, -0.15) is 0 Å². The van der Waals surface area contributed by atoms with Crippen LogP contribution in [0.5, 0.6) is 0 Å². The summed E-state index contributed by atoms with van der Waals surface area (Å²) in [6.07, 6.45) is 6.29. The third-order valence-corrected chi connectivity index (χ3v) is 14.0. The maximum Gasteiger partial charge on any atom is 0.307 e. The van der Waals surface area contributed by atoms with Gasteiger partial charge in [0.25, 0.3) is 0 Å². The summed E-state index contributed by atoms with van der Waals surface area (Å²) in [5.74, 6) is -0.809. The van der Waals surface area contributed by atoms with Gasteiger partial charge in [-0.1, -0.05) is 60.1 Å². The zero-order valence-corrected chi connectivity index (χ0v) is 27.7. The fourth-order valence-electron chi connectivity index (χ4n) is 11.4. The molecular weight excluding hydrogens is 546 g/mol. The highest BCUT2D eigenvalue weighted by Crippen LogP contribution is 2.75. The number of rotatable bonds is 7. The van der Waals surface area contributed by atoms with Gasteiger partial charge in [0.2, 0.25) is 0 Å². The molecule has 0 amide bonds. The van der Waals surface area contributed by atoms with Crippen molar-refractivity contribution < 1.29 is 33.7 Å². The Bertz CT molecular complexity index is 1180. The maximum atomic E-state index is 13.3. The molecule has 4 aliphatic carbocycles. The SMILES string of the molecule is CC(=O)O[C@@H]1C[C@]23COC[C@@](C)([C@@H]2CC[C@H]2C3=CC[C@@]3(C)[C@H](C(=O)O)[C@@](C)([C@H](C)C(C)C)CC[C@]23C)[C@H]1OC(=O)CCN. The van der Waals surface area contributed by atoms with E-state index in [1.807, 2.05) is 0 Å². The molecule has 8 heteroatoms. The molecule has 0 aromatic rings. The van der Waals surface area contributed by atoms with Crippen molar-refractivity contribution in [1.29, 1.82) is 0 Å². The predicted octanol–water partition coefficient (Wildman–Crippen LogP) is 5.77. The molecule has 3 N–H and O–H groups in total. The molecular formula is C35H55NO7. The van der Waals surface area contributed by atoms with Gasteiger partial charge in [-0.15, -0.1) is 0 Å². The fraction of sp³-hybridized carbons (Fsp3) is 0.857. The Morgan fingerprint density at radius 3 is 2.35 bits per heavy atom. The van der Waals surface area contributed by atoms with Crippen LogP contribution in [-0.4, -0.2) is 55.0 Å². The number of carboxylic acid groups (broad SMARTS) is 1. The Hall–Kier alpha value is -1.93. The second-order valence-electron chi connectivity index (χ2n) is 16.1. The van der Waals surface area contributed by atoms with Gasteiger partial charge in [0.1, 0.15) is 12.2 Å². The quantitative estimate of drug-likeness (QED) is 0.278. The molecule has 43 heavy (non-hydrogen) atoms. The van der Waals surface area contributed by atoms with E-state index in [2.05, 4.69) is 54.5 Å². The van der Waals surface area contributed by atoms with Gasteiger partial charge in [-0.05, 0) is 78.4 Å². The van der Waals surface area contributed by atoms with Crippen LogP contribution in [0, 0.1) is 56.7 Å². The first-order valence-electron chi connectivity index (χ1n) is 16.6. The molecule has 0 unspecified atom stereocenters. The Labute approximate surface area is 257 Å². The number of hydrogen-bond acceptors (Lipinski definition) is 7. The van der Waals surface area contributed by atoms with Crippen molar-refractivity contribution in [3.8, 4) is 0 Å². The van der Waals surface area contributed by atoms with Crippen molar-refractivity contribution >= 4 is 17.9 Å². The van der Waals surface area contributed by atoms with E-state index in [1.54, 1.807) is 0 Å². The first-order valence-corrected chi connectivity index (χ1v) is 16.6. The first kappa shape index (κ1) is 32.5. The van der Waals surface area contributed by atoms with Gasteiger partial charge in [0.15, 0.2) is 0 Å². The van der Waals surface area contributed by atoms with Gasteiger partial charge in [-0.3, -0.25) is 14.4 Å². The number of hydrogen-bond donors (Lipinski definition) is 2. The third kappa shape index (κ3) is 4.54. The lowest BCUT2D eigenvalue weighted by molar-refractivity contribution is -0.263. The molecule has 11 atom stereocenters. The molecule has 0 radical (unpaired) electrons. The first-order chi connectivity index (χ1) is 20.0. The summed E-state index contributed by atoms with van der Waals surface area (Å²) in [5.41, 5.74) is 5.22. The minimum Gasteiger partial charge on any atom is -0.481 e. The lowest BCUT2D eigenvalue weighted by Gasteiger charge is -2.71. The number of carboxylic acids is 1. The van der Waals surface area contributed by atoms with E-state index in [-0.39, 0.29) is 58.9 Å². The maximum absolute atomic E-state index is 13.3. The molecule has 0 spiro atoms. The van der Waals surface area contributed by atoms with Gasteiger partial charge < -0.3 is 25.1 Å². The molecule has 0 aromatic carbocycles. The summed E-state index contributed by atoms with van der Waals surface area (Å²) in [4.78, 5) is 38.4. The second kappa shape index (κ2) is 10.9. The minimum absolute atomic E-state index is 0.110. The molecule has 242 valence electrons. The van der Waals surface area contributed by atoms with Crippen LogP contribution in [0.15, 0.2) is 11.6 Å². The molecule has 1 saturated heterocycles. The summed E-state index contributed by atoms with van der Waals surface area (Å²) < 4.78 is 18.5. The van der Waals surface area contributed by atoms with E-state index >= 15 is 0 Å². The topological polar surface area (TPSA) is 125 Å². The van der Waals surface area contributed by atoms with E-state index in [9.17, 15) is 19.5 Å². The number of fused-ring (bicyclic) bond motifs is 3. The van der Waals surface area contributed by atoms with Crippen LogP contribution >= 0.6 is 0 Å². The number of carbonyl (C=O) groups is 3. The zero-order chi connectivity index (χ0) is 31.8. The van der Waals surface area contributed by atoms with Gasteiger partial charge in [0, 0.05) is 24.3 Å². The van der Waals surface area contributed by atoms with Crippen molar-refractivity contribution in [3.05, 3.63) is 11.6 Å². The Kier molecular flexibility index (Phi) is 8.19. The van der Waals surface area contributed by atoms with E-state index in [1.165, 1.54) is 12.5 Å². The molecule has 0 aromatic heterocycles. The molecule has 3 saturated carbocycles. The largest absolute Gasteiger partial charge is 0.481 e. The van der Waals surface area contributed by atoms with Crippen molar-refractivity contribution in [2.45, 2.75) is 113 Å². The number of carbonyl (C=O) groups excluding carboxylic acids is 2. The second-order valence-corrected chi connectivity index (χ2v) is 16.1. The highest BCUT2D eigenvalue weighted by molar-refractivity contribution is 5.73. The molecule has 5 rings (SSSR count). The molecule has 4 fully saturated rings. The standard InChI is InChI=1S/C35H55NO7/c1-20(2)21(3)31(5)14-15-33(7)23-9-10-26-32(6)18-41-19-35(26,24(23)11-13-34(33,8)28(31)30(39)40)17-25(42-22(4)37)29(32)43-27(38)12-16-36/h11,20-21,23,25-26,28-29H,9-10,12-19,36H2,1-8H3,(H,39,40)/t21-,23+,25-,26+,28-,29+,31-,32+,33-,34+,35-/m1/s1. The van der Waals surface area contributed by atoms with E-state index in [0.717, 1.165) is 25.7 Å². The van der Waals surface area contributed by atoms with E-state index in [4.69, 9.17) is 19.9 Å². The monoisotopic (exact) mass is 601 g/mol. The van der Waals surface area contributed by atoms with Crippen molar-refractivity contribution in [1.82, 2.24) is 0 Å². The number of ether oxygens (including phenoxy) is 3. The minimum atomic E-state index is -0.671.